The number of aromatic nitrogens is 2. The molecule has 1 aliphatic carbocycles. The molecule has 0 spiro atoms. The minimum Gasteiger partial charge on any atom is -0.474 e. The lowest BCUT2D eigenvalue weighted by atomic mass is 9.93. The first kappa shape index (κ1) is 14.8. The van der Waals surface area contributed by atoms with Gasteiger partial charge >= 0.3 is 0 Å². The molecule has 2 aromatic heterocycles. The third-order valence-corrected chi connectivity index (χ3v) is 3.88. The molecule has 0 aromatic carbocycles. The number of amides is 1. The zero-order valence-electron chi connectivity index (χ0n) is 11.9. The van der Waals surface area contributed by atoms with Crippen molar-refractivity contribution in [3.63, 3.8) is 0 Å². The summed E-state index contributed by atoms with van der Waals surface area (Å²) in [5, 5.41) is 7.07. The molecule has 2 aromatic rings. The summed E-state index contributed by atoms with van der Waals surface area (Å²) in [5.74, 6) is 0.600. The van der Waals surface area contributed by atoms with Gasteiger partial charge in [0.25, 0.3) is 5.91 Å². The lowest BCUT2D eigenvalue weighted by molar-refractivity contribution is 0.0855. The first-order valence-corrected chi connectivity index (χ1v) is 7.58. The van der Waals surface area contributed by atoms with Gasteiger partial charge in [0.15, 0.2) is 0 Å². The fraction of sp³-hybridized carbons (Fsp3) is 0.400. The Labute approximate surface area is 132 Å². The number of hydrogen-bond donors (Lipinski definition) is 1. The molecule has 116 valence electrons. The molecule has 1 amide bonds. The molecule has 0 aliphatic heterocycles. The smallest absolute Gasteiger partial charge is 0.290 e. The van der Waals surface area contributed by atoms with Crippen LogP contribution >= 0.6 is 11.6 Å². The second-order valence-electron chi connectivity index (χ2n) is 5.26. The van der Waals surface area contributed by atoms with Crippen LogP contribution < -0.4 is 10.1 Å². The van der Waals surface area contributed by atoms with E-state index in [2.05, 4.69) is 15.5 Å². The van der Waals surface area contributed by atoms with Gasteiger partial charge in [-0.2, -0.15) is 0 Å². The van der Waals surface area contributed by atoms with Crippen molar-refractivity contribution in [1.82, 2.24) is 15.5 Å². The number of carbonyl (C=O) groups excluding carboxylic acids is 1. The van der Waals surface area contributed by atoms with Crippen molar-refractivity contribution in [2.75, 3.05) is 0 Å². The van der Waals surface area contributed by atoms with E-state index in [1.165, 1.54) is 6.20 Å². The zero-order valence-corrected chi connectivity index (χ0v) is 12.6. The lowest BCUT2D eigenvalue weighted by Gasteiger charge is -2.28. The number of ether oxygens (including phenoxy) is 1. The van der Waals surface area contributed by atoms with Crippen LogP contribution in [0.4, 0.5) is 0 Å². The number of nitrogens with zero attached hydrogens (tertiary/aromatic N) is 2. The Balaban J connectivity index is 1.46. The molecule has 6 nitrogen and oxygen atoms in total. The van der Waals surface area contributed by atoms with Gasteiger partial charge in [-0.05, 0) is 31.7 Å². The molecule has 0 atom stereocenters. The molecule has 0 unspecified atom stereocenters. The zero-order chi connectivity index (χ0) is 15.4. The minimum absolute atomic E-state index is 0.118. The van der Waals surface area contributed by atoms with Crippen molar-refractivity contribution in [2.24, 2.45) is 0 Å². The van der Waals surface area contributed by atoms with Gasteiger partial charge in [0.1, 0.15) is 6.10 Å². The van der Waals surface area contributed by atoms with Gasteiger partial charge in [-0.25, -0.2) is 4.98 Å². The summed E-state index contributed by atoms with van der Waals surface area (Å²) in [6.07, 6.45) is 6.60. The average molecular weight is 322 g/mol. The summed E-state index contributed by atoms with van der Waals surface area (Å²) in [6.45, 7) is 0. The molecule has 0 bridgehead atoms. The van der Waals surface area contributed by atoms with Gasteiger partial charge in [-0.3, -0.25) is 4.79 Å². The molecule has 0 saturated heterocycles. The molecule has 1 saturated carbocycles. The third kappa shape index (κ3) is 3.76. The highest BCUT2D eigenvalue weighted by Crippen LogP contribution is 2.23. The van der Waals surface area contributed by atoms with Crippen molar-refractivity contribution >= 4 is 17.5 Å². The first-order valence-electron chi connectivity index (χ1n) is 7.20. The van der Waals surface area contributed by atoms with Gasteiger partial charge in [-0.1, -0.05) is 16.8 Å². The highest BCUT2D eigenvalue weighted by Gasteiger charge is 2.25. The Hall–Kier alpha value is -2.08. The number of pyridine rings is 1. The Morgan fingerprint density at radius 3 is 2.73 bits per heavy atom. The van der Waals surface area contributed by atoms with E-state index in [4.69, 9.17) is 20.9 Å². The molecule has 1 aliphatic rings. The van der Waals surface area contributed by atoms with Crippen molar-refractivity contribution < 1.29 is 14.1 Å². The molecule has 7 heteroatoms. The van der Waals surface area contributed by atoms with Gasteiger partial charge in [0.2, 0.25) is 11.6 Å². The monoisotopic (exact) mass is 321 g/mol. The highest BCUT2D eigenvalue weighted by molar-refractivity contribution is 6.30. The predicted octanol–water partition coefficient (Wildman–Crippen LogP) is 2.84. The number of rotatable bonds is 4. The van der Waals surface area contributed by atoms with Crippen LogP contribution in [-0.2, 0) is 0 Å². The summed E-state index contributed by atoms with van der Waals surface area (Å²) < 4.78 is 10.7. The Bertz CT molecular complexity index is 607. The third-order valence-electron chi connectivity index (χ3n) is 3.66. The largest absolute Gasteiger partial charge is 0.474 e. The maximum absolute atomic E-state index is 11.9. The number of halogens is 1. The van der Waals surface area contributed by atoms with Crippen molar-refractivity contribution in [3.8, 4) is 5.88 Å². The predicted molar refractivity (Wildman–Crippen MR) is 79.9 cm³/mol. The SMILES string of the molecule is O=C(NC1CCC(Oc2ccc(Cl)cn2)CC1)c1ccno1. The fourth-order valence-corrected chi connectivity index (χ4v) is 2.63. The van der Waals surface area contributed by atoms with Crippen molar-refractivity contribution in [1.29, 1.82) is 0 Å². The molecule has 2 heterocycles. The molecule has 1 fully saturated rings. The van der Waals surface area contributed by atoms with Crippen molar-refractivity contribution in [2.45, 2.75) is 37.8 Å². The maximum Gasteiger partial charge on any atom is 0.290 e. The van der Waals surface area contributed by atoms with Crippen LogP contribution in [0.2, 0.25) is 5.02 Å². The fourth-order valence-electron chi connectivity index (χ4n) is 2.52. The molecular weight excluding hydrogens is 306 g/mol. The lowest BCUT2D eigenvalue weighted by Crippen LogP contribution is -2.39. The standard InChI is InChI=1S/C15H16ClN3O3/c16-10-1-6-14(17-9-10)21-12-4-2-11(3-5-12)19-15(20)13-7-8-18-22-13/h1,6-9,11-12H,2-5H2,(H,19,20). The minimum atomic E-state index is -0.221. The summed E-state index contributed by atoms with van der Waals surface area (Å²) in [6, 6.07) is 5.21. The van der Waals surface area contributed by atoms with Crippen LogP contribution in [0.25, 0.3) is 0 Å². The summed E-state index contributed by atoms with van der Waals surface area (Å²) >= 11 is 5.79. The van der Waals surface area contributed by atoms with E-state index < -0.39 is 0 Å². The number of hydrogen-bond acceptors (Lipinski definition) is 5. The van der Waals surface area contributed by atoms with Crippen LogP contribution in [0.3, 0.4) is 0 Å². The molecule has 22 heavy (non-hydrogen) atoms. The van der Waals surface area contributed by atoms with Crippen LogP contribution in [-0.4, -0.2) is 28.2 Å². The molecule has 0 radical (unpaired) electrons. The van der Waals surface area contributed by atoms with Gasteiger partial charge in [-0.15, -0.1) is 0 Å². The van der Waals surface area contributed by atoms with E-state index in [1.54, 1.807) is 24.4 Å². The molecule has 3 rings (SSSR count). The van der Waals surface area contributed by atoms with E-state index >= 15 is 0 Å². The topological polar surface area (TPSA) is 77.2 Å². The Kier molecular flexibility index (Phi) is 4.58. The van der Waals surface area contributed by atoms with Gasteiger partial charge < -0.3 is 14.6 Å². The van der Waals surface area contributed by atoms with Crippen LogP contribution in [0.5, 0.6) is 5.88 Å². The number of carbonyl (C=O) groups is 1. The van der Waals surface area contributed by atoms with Crippen LogP contribution in [0.1, 0.15) is 36.2 Å². The second-order valence-corrected chi connectivity index (χ2v) is 5.69. The van der Waals surface area contributed by atoms with E-state index in [0.717, 1.165) is 25.7 Å². The van der Waals surface area contributed by atoms with Crippen LogP contribution in [0.15, 0.2) is 35.1 Å². The summed E-state index contributed by atoms with van der Waals surface area (Å²) in [5.41, 5.74) is 0. The Morgan fingerprint density at radius 2 is 2.09 bits per heavy atom. The summed E-state index contributed by atoms with van der Waals surface area (Å²) in [4.78, 5) is 16.0. The Morgan fingerprint density at radius 1 is 1.27 bits per heavy atom. The van der Waals surface area contributed by atoms with E-state index in [-0.39, 0.29) is 23.8 Å². The summed E-state index contributed by atoms with van der Waals surface area (Å²) in [7, 11) is 0. The number of nitrogens with one attached hydrogen (secondary N) is 1. The first-order chi connectivity index (χ1) is 10.7. The average Bonchev–Trinajstić information content (AvgIpc) is 3.06. The molecular formula is C15H16ClN3O3. The van der Waals surface area contributed by atoms with Crippen LogP contribution in [0, 0.1) is 0 Å². The quantitative estimate of drug-likeness (QED) is 0.937. The van der Waals surface area contributed by atoms with E-state index in [0.29, 0.717) is 10.9 Å². The molecule has 1 N–H and O–H groups in total. The van der Waals surface area contributed by atoms with Crippen molar-refractivity contribution in [3.05, 3.63) is 41.4 Å². The highest BCUT2D eigenvalue weighted by atomic mass is 35.5. The van der Waals surface area contributed by atoms with E-state index in [1.807, 2.05) is 0 Å². The maximum atomic E-state index is 11.9. The van der Waals surface area contributed by atoms with Gasteiger partial charge in [0.05, 0.1) is 11.2 Å². The normalized spacial score (nSPS) is 21.3. The van der Waals surface area contributed by atoms with Gasteiger partial charge in [0, 0.05) is 24.4 Å². The second kappa shape index (κ2) is 6.79. The van der Waals surface area contributed by atoms with E-state index in [9.17, 15) is 4.79 Å².